The van der Waals surface area contributed by atoms with Gasteiger partial charge in [0.2, 0.25) is 0 Å². The Bertz CT molecular complexity index is 365. The van der Waals surface area contributed by atoms with Crippen LogP contribution in [-0.4, -0.2) is 45.8 Å². The summed E-state index contributed by atoms with van der Waals surface area (Å²) in [5.74, 6) is 0.770. The summed E-state index contributed by atoms with van der Waals surface area (Å²) in [6, 6.07) is 0. The van der Waals surface area contributed by atoms with Crippen LogP contribution >= 0.6 is 0 Å². The smallest absolute Gasteiger partial charge is 0.306 e. The molecule has 0 N–H and O–H groups in total. The Hall–Kier alpha value is -1.43. The maximum atomic E-state index is 11.1. The zero-order valence-electron chi connectivity index (χ0n) is 11.4. The van der Waals surface area contributed by atoms with Gasteiger partial charge >= 0.3 is 5.97 Å². The van der Waals surface area contributed by atoms with E-state index in [0.717, 1.165) is 25.3 Å². The number of rotatable bonds is 8. The Morgan fingerprint density at radius 3 is 2.89 bits per heavy atom. The molecule has 1 rings (SSSR count). The van der Waals surface area contributed by atoms with Crippen LogP contribution in [-0.2, 0) is 22.6 Å². The van der Waals surface area contributed by atoms with E-state index >= 15 is 0 Å². The third-order valence-corrected chi connectivity index (χ3v) is 2.80. The molecule has 0 radical (unpaired) electrons. The van der Waals surface area contributed by atoms with E-state index < -0.39 is 0 Å². The number of hydrogen-bond donors (Lipinski definition) is 0. The summed E-state index contributed by atoms with van der Waals surface area (Å²) in [6.07, 6.45) is 3.02. The van der Waals surface area contributed by atoms with Gasteiger partial charge in [-0.15, -0.1) is 0 Å². The topological polar surface area (TPSA) is 60.2 Å². The summed E-state index contributed by atoms with van der Waals surface area (Å²) < 4.78 is 6.56. The van der Waals surface area contributed by atoms with Gasteiger partial charge in [0.05, 0.1) is 20.1 Å². The standard InChI is InChI=1S/C12H22N4O2/c1-4-7-16-11(13-10-14-16)9-15(5-2)8-6-12(17)18-3/h10H,4-9H2,1-3H3. The van der Waals surface area contributed by atoms with Crippen molar-refractivity contribution >= 4 is 5.97 Å². The van der Waals surface area contributed by atoms with Crippen LogP contribution in [0.4, 0.5) is 0 Å². The fourth-order valence-electron chi connectivity index (χ4n) is 1.71. The van der Waals surface area contributed by atoms with Crippen molar-refractivity contribution < 1.29 is 9.53 Å². The van der Waals surface area contributed by atoms with Crippen LogP contribution in [0, 0.1) is 0 Å². The lowest BCUT2D eigenvalue weighted by molar-refractivity contribution is -0.141. The Morgan fingerprint density at radius 1 is 1.50 bits per heavy atom. The largest absolute Gasteiger partial charge is 0.469 e. The lowest BCUT2D eigenvalue weighted by Gasteiger charge is -2.19. The van der Waals surface area contributed by atoms with Gasteiger partial charge < -0.3 is 4.74 Å². The highest BCUT2D eigenvalue weighted by Crippen LogP contribution is 2.03. The van der Waals surface area contributed by atoms with Crippen LogP contribution in [0.5, 0.6) is 0 Å². The normalized spacial score (nSPS) is 10.9. The molecule has 102 valence electrons. The van der Waals surface area contributed by atoms with E-state index in [0.29, 0.717) is 19.5 Å². The molecule has 0 unspecified atom stereocenters. The summed E-state index contributed by atoms with van der Waals surface area (Å²) >= 11 is 0. The van der Waals surface area contributed by atoms with Gasteiger partial charge in [0.15, 0.2) is 0 Å². The van der Waals surface area contributed by atoms with E-state index in [4.69, 9.17) is 0 Å². The molecule has 0 aliphatic carbocycles. The molecular weight excluding hydrogens is 232 g/mol. The van der Waals surface area contributed by atoms with Crippen LogP contribution in [0.25, 0.3) is 0 Å². The molecule has 0 bridgehead atoms. The van der Waals surface area contributed by atoms with E-state index in [1.54, 1.807) is 6.33 Å². The maximum Gasteiger partial charge on any atom is 0.306 e. The first-order valence-electron chi connectivity index (χ1n) is 6.37. The molecule has 0 atom stereocenters. The number of carbonyl (C=O) groups excluding carboxylic acids is 1. The van der Waals surface area contributed by atoms with Crippen LogP contribution in [0.3, 0.4) is 0 Å². The second-order valence-electron chi connectivity index (χ2n) is 4.09. The van der Waals surface area contributed by atoms with Gasteiger partial charge in [-0.3, -0.25) is 9.69 Å². The number of methoxy groups -OCH3 is 1. The molecule has 6 heteroatoms. The van der Waals surface area contributed by atoms with Crippen LogP contribution in [0.15, 0.2) is 6.33 Å². The molecule has 18 heavy (non-hydrogen) atoms. The number of carbonyl (C=O) groups is 1. The highest BCUT2D eigenvalue weighted by Gasteiger charge is 2.11. The molecule has 0 aliphatic rings. The van der Waals surface area contributed by atoms with E-state index in [1.807, 2.05) is 4.68 Å². The molecular formula is C12H22N4O2. The summed E-state index contributed by atoms with van der Waals surface area (Å²) in [4.78, 5) is 17.5. The van der Waals surface area contributed by atoms with Gasteiger partial charge in [0.1, 0.15) is 12.2 Å². The molecule has 0 saturated carbocycles. The fraction of sp³-hybridized carbons (Fsp3) is 0.750. The molecule has 1 aromatic heterocycles. The quantitative estimate of drug-likeness (QED) is 0.649. The second-order valence-corrected chi connectivity index (χ2v) is 4.09. The lowest BCUT2D eigenvalue weighted by atomic mass is 10.3. The zero-order chi connectivity index (χ0) is 13.4. The Labute approximate surface area is 108 Å². The Kier molecular flexibility index (Phi) is 6.35. The molecule has 0 amide bonds. The first kappa shape index (κ1) is 14.6. The molecule has 6 nitrogen and oxygen atoms in total. The first-order chi connectivity index (χ1) is 8.71. The van der Waals surface area contributed by atoms with E-state index in [9.17, 15) is 4.79 Å². The summed E-state index contributed by atoms with van der Waals surface area (Å²) in [5.41, 5.74) is 0. The minimum Gasteiger partial charge on any atom is -0.469 e. The van der Waals surface area contributed by atoms with Crippen LogP contribution < -0.4 is 0 Å². The minimum absolute atomic E-state index is 0.177. The van der Waals surface area contributed by atoms with Gasteiger partial charge in [-0.25, -0.2) is 9.67 Å². The highest BCUT2D eigenvalue weighted by molar-refractivity contribution is 5.69. The number of ether oxygens (including phenoxy) is 1. The number of hydrogen-bond acceptors (Lipinski definition) is 5. The summed E-state index contributed by atoms with van der Waals surface area (Å²) in [6.45, 7) is 7.33. The maximum absolute atomic E-state index is 11.1. The van der Waals surface area contributed by atoms with E-state index in [-0.39, 0.29) is 5.97 Å². The molecule has 0 fully saturated rings. The Balaban J connectivity index is 2.51. The predicted octanol–water partition coefficient (Wildman–Crippen LogP) is 1.07. The zero-order valence-corrected chi connectivity index (χ0v) is 11.4. The fourth-order valence-corrected chi connectivity index (χ4v) is 1.71. The van der Waals surface area contributed by atoms with Gasteiger partial charge in [0.25, 0.3) is 0 Å². The van der Waals surface area contributed by atoms with Crippen LogP contribution in [0.1, 0.15) is 32.5 Å². The van der Waals surface area contributed by atoms with Crippen molar-refractivity contribution in [3.05, 3.63) is 12.2 Å². The van der Waals surface area contributed by atoms with Crippen molar-refractivity contribution in [2.45, 2.75) is 39.8 Å². The lowest BCUT2D eigenvalue weighted by Crippen LogP contribution is -2.27. The van der Waals surface area contributed by atoms with Crippen molar-refractivity contribution in [3.63, 3.8) is 0 Å². The van der Waals surface area contributed by atoms with Gasteiger partial charge in [-0.1, -0.05) is 13.8 Å². The number of aryl methyl sites for hydroxylation is 1. The Morgan fingerprint density at radius 2 is 2.28 bits per heavy atom. The number of nitrogens with zero attached hydrogens (tertiary/aromatic N) is 4. The van der Waals surface area contributed by atoms with Crippen molar-refractivity contribution in [3.8, 4) is 0 Å². The molecule has 0 saturated heterocycles. The molecule has 0 aliphatic heterocycles. The molecule has 1 aromatic rings. The third-order valence-electron chi connectivity index (χ3n) is 2.80. The second kappa shape index (κ2) is 7.81. The van der Waals surface area contributed by atoms with Crippen LogP contribution in [0.2, 0.25) is 0 Å². The SMILES string of the molecule is CCCn1ncnc1CN(CC)CCC(=O)OC. The van der Waals surface area contributed by atoms with Gasteiger partial charge in [-0.05, 0) is 13.0 Å². The van der Waals surface area contributed by atoms with E-state index in [2.05, 4.69) is 33.6 Å². The third kappa shape index (κ3) is 4.44. The average molecular weight is 254 g/mol. The predicted molar refractivity (Wildman–Crippen MR) is 67.9 cm³/mol. The summed E-state index contributed by atoms with van der Waals surface area (Å²) in [5, 5.41) is 4.19. The van der Waals surface area contributed by atoms with E-state index in [1.165, 1.54) is 7.11 Å². The van der Waals surface area contributed by atoms with Crippen molar-refractivity contribution in [1.82, 2.24) is 19.7 Å². The van der Waals surface area contributed by atoms with Crippen molar-refractivity contribution in [2.75, 3.05) is 20.2 Å². The average Bonchev–Trinajstić information content (AvgIpc) is 2.81. The first-order valence-corrected chi connectivity index (χ1v) is 6.37. The highest BCUT2D eigenvalue weighted by atomic mass is 16.5. The number of esters is 1. The molecule has 0 spiro atoms. The van der Waals surface area contributed by atoms with Crippen molar-refractivity contribution in [1.29, 1.82) is 0 Å². The van der Waals surface area contributed by atoms with Crippen molar-refractivity contribution in [2.24, 2.45) is 0 Å². The minimum atomic E-state index is -0.177. The van der Waals surface area contributed by atoms with Gasteiger partial charge in [-0.2, -0.15) is 5.10 Å². The molecule has 1 heterocycles. The van der Waals surface area contributed by atoms with Gasteiger partial charge in [0, 0.05) is 13.1 Å². The number of aromatic nitrogens is 3. The molecule has 0 aromatic carbocycles. The monoisotopic (exact) mass is 254 g/mol. The summed E-state index contributed by atoms with van der Waals surface area (Å²) in [7, 11) is 1.41.